The summed E-state index contributed by atoms with van der Waals surface area (Å²) in [6.45, 7) is 9.02. The van der Waals surface area contributed by atoms with E-state index in [1.165, 1.54) is 51.8 Å². The molecule has 1 rings (SSSR count). The van der Waals surface area contributed by atoms with Crippen molar-refractivity contribution in [2.45, 2.75) is 85.1 Å². The molecule has 2 nitrogen and oxygen atoms in total. The zero-order chi connectivity index (χ0) is 18.6. The summed E-state index contributed by atoms with van der Waals surface area (Å²) < 4.78 is 11.9. The number of ether oxygens (including phenoxy) is 1. The molecule has 1 N–H and O–H groups in total. The van der Waals surface area contributed by atoms with E-state index in [2.05, 4.69) is 39.8 Å². The van der Waals surface area contributed by atoms with Crippen LogP contribution in [0.3, 0.4) is 0 Å². The molecule has 0 radical (unpaired) electrons. The van der Waals surface area contributed by atoms with Gasteiger partial charge in [0.05, 0.1) is 0 Å². The SMILES string of the molecule is CCC[CH2][Sn]([CH2]CCC)([CH2]CCC)[CH2]OC(C)(CO)c1ccccc1. The molecular formula is C22H40O2Sn. The maximum atomic E-state index is 10.1. The number of aliphatic hydroxyl groups excluding tert-OH is 1. The second kappa shape index (κ2) is 12.3. The van der Waals surface area contributed by atoms with Crippen LogP contribution in [0.5, 0.6) is 0 Å². The Bertz CT molecular complexity index is 427. The van der Waals surface area contributed by atoms with Crippen LogP contribution in [0.4, 0.5) is 0 Å². The molecule has 0 saturated carbocycles. The van der Waals surface area contributed by atoms with E-state index in [1.54, 1.807) is 0 Å². The molecule has 0 saturated heterocycles. The Hall–Kier alpha value is -0.0613. The van der Waals surface area contributed by atoms with Crippen molar-refractivity contribution >= 4 is 18.4 Å². The molecule has 0 aliphatic carbocycles. The topological polar surface area (TPSA) is 29.5 Å². The number of unbranched alkanes of at least 4 members (excludes halogenated alkanes) is 3. The fraction of sp³-hybridized carbons (Fsp3) is 0.727. The fourth-order valence-electron chi connectivity index (χ4n) is 3.57. The molecule has 1 aromatic carbocycles. The van der Waals surface area contributed by atoms with Crippen LogP contribution in [0.2, 0.25) is 13.3 Å². The molecule has 0 aromatic heterocycles. The van der Waals surface area contributed by atoms with Crippen LogP contribution in [-0.2, 0) is 10.3 Å². The van der Waals surface area contributed by atoms with Crippen molar-refractivity contribution in [1.82, 2.24) is 0 Å². The summed E-state index contributed by atoms with van der Waals surface area (Å²) in [6, 6.07) is 10.3. The van der Waals surface area contributed by atoms with Crippen LogP contribution in [-0.4, -0.2) is 34.7 Å². The second-order valence-electron chi connectivity index (χ2n) is 7.85. The summed E-state index contributed by atoms with van der Waals surface area (Å²) >= 11 is -2.33. The Morgan fingerprint density at radius 3 is 1.76 bits per heavy atom. The molecule has 0 amide bonds. The Morgan fingerprint density at radius 2 is 1.36 bits per heavy atom. The number of benzene rings is 1. The molecule has 1 unspecified atom stereocenters. The van der Waals surface area contributed by atoms with Crippen LogP contribution in [0.1, 0.15) is 71.8 Å². The third-order valence-electron chi connectivity index (χ3n) is 5.57. The number of hydrogen-bond donors (Lipinski definition) is 1. The molecule has 0 heterocycles. The van der Waals surface area contributed by atoms with Crippen molar-refractivity contribution in [2.75, 3.05) is 11.2 Å². The minimum absolute atomic E-state index is 0.0499. The third-order valence-corrected chi connectivity index (χ3v) is 19.8. The van der Waals surface area contributed by atoms with Gasteiger partial charge in [0.15, 0.2) is 0 Å². The summed E-state index contributed by atoms with van der Waals surface area (Å²) in [5.74, 6) is 0. The van der Waals surface area contributed by atoms with Gasteiger partial charge in [0.25, 0.3) is 0 Å². The van der Waals surface area contributed by atoms with Crippen molar-refractivity contribution in [3.63, 3.8) is 0 Å². The summed E-state index contributed by atoms with van der Waals surface area (Å²) in [7, 11) is 0. The summed E-state index contributed by atoms with van der Waals surface area (Å²) in [5, 5.41) is 10.1. The molecule has 0 aliphatic heterocycles. The van der Waals surface area contributed by atoms with E-state index >= 15 is 0 Å². The van der Waals surface area contributed by atoms with E-state index in [4.69, 9.17) is 4.74 Å². The summed E-state index contributed by atoms with van der Waals surface area (Å²) in [5.41, 5.74) is 0.535. The Morgan fingerprint density at radius 1 is 0.880 bits per heavy atom. The quantitative estimate of drug-likeness (QED) is 0.334. The predicted octanol–water partition coefficient (Wildman–Crippen LogP) is 6.30. The van der Waals surface area contributed by atoms with Crippen molar-refractivity contribution in [2.24, 2.45) is 0 Å². The average Bonchev–Trinajstić information content (AvgIpc) is 2.67. The Labute approximate surface area is 160 Å². The van der Waals surface area contributed by atoms with Crippen LogP contribution >= 0.6 is 0 Å². The van der Waals surface area contributed by atoms with Gasteiger partial charge in [-0.15, -0.1) is 0 Å². The summed E-state index contributed by atoms with van der Waals surface area (Å²) in [6.07, 6.45) is 7.92. The first-order valence-corrected chi connectivity index (χ1v) is 18.4. The van der Waals surface area contributed by atoms with E-state index in [-0.39, 0.29) is 6.61 Å². The van der Waals surface area contributed by atoms with Gasteiger partial charge in [-0.1, -0.05) is 0 Å². The number of aliphatic hydroxyl groups is 1. The maximum absolute atomic E-state index is 10.1. The van der Waals surface area contributed by atoms with Gasteiger partial charge in [-0.05, 0) is 0 Å². The Kier molecular flexibility index (Phi) is 11.3. The average molecular weight is 455 g/mol. The number of rotatable bonds is 14. The van der Waals surface area contributed by atoms with Gasteiger partial charge in [0.1, 0.15) is 0 Å². The molecule has 0 aliphatic rings. The van der Waals surface area contributed by atoms with Gasteiger partial charge in [-0.25, -0.2) is 0 Å². The zero-order valence-corrected chi connectivity index (χ0v) is 19.9. The third kappa shape index (κ3) is 7.60. The van der Waals surface area contributed by atoms with E-state index < -0.39 is 24.0 Å². The first-order chi connectivity index (χ1) is 12.1. The van der Waals surface area contributed by atoms with Crippen molar-refractivity contribution in [1.29, 1.82) is 0 Å². The van der Waals surface area contributed by atoms with Crippen LogP contribution in [0.25, 0.3) is 0 Å². The normalized spacial score (nSPS) is 14.4. The molecule has 0 spiro atoms. The molecule has 25 heavy (non-hydrogen) atoms. The van der Waals surface area contributed by atoms with Gasteiger partial charge in [-0.2, -0.15) is 0 Å². The van der Waals surface area contributed by atoms with E-state index in [1.807, 2.05) is 18.2 Å². The van der Waals surface area contributed by atoms with Crippen molar-refractivity contribution < 1.29 is 9.84 Å². The molecular weight excluding hydrogens is 415 g/mol. The number of hydrogen-bond acceptors (Lipinski definition) is 2. The first-order valence-electron chi connectivity index (χ1n) is 10.4. The van der Waals surface area contributed by atoms with Gasteiger partial charge >= 0.3 is 160 Å². The minimum atomic E-state index is -2.33. The Balaban J connectivity index is 2.92. The standard InChI is InChI=1S/C10H13O2.3C4H9.Sn/c1-10(8-11,12-2)9-6-4-3-5-7-9;3*1-3-4-2;/h3-7,11H,2,8H2,1H3;3*1,3-4H2,2H3;. The van der Waals surface area contributed by atoms with Crippen LogP contribution in [0, 0.1) is 0 Å². The molecule has 144 valence electrons. The predicted molar refractivity (Wildman–Crippen MR) is 112 cm³/mol. The zero-order valence-electron chi connectivity index (χ0n) is 17.0. The van der Waals surface area contributed by atoms with Gasteiger partial charge in [0, 0.05) is 0 Å². The molecule has 3 heteroatoms. The van der Waals surface area contributed by atoms with Gasteiger partial charge in [0.2, 0.25) is 0 Å². The first kappa shape index (κ1) is 23.0. The molecule has 1 aromatic rings. The molecule has 1 atom stereocenters. The summed E-state index contributed by atoms with van der Waals surface area (Å²) in [4.78, 5) is 0. The van der Waals surface area contributed by atoms with Crippen molar-refractivity contribution in [3.8, 4) is 0 Å². The van der Waals surface area contributed by atoms with Crippen LogP contribution < -0.4 is 0 Å². The van der Waals surface area contributed by atoms with E-state index in [0.717, 1.165) is 10.2 Å². The van der Waals surface area contributed by atoms with E-state index in [9.17, 15) is 5.11 Å². The van der Waals surface area contributed by atoms with Gasteiger partial charge in [-0.3, -0.25) is 0 Å². The van der Waals surface area contributed by atoms with Crippen LogP contribution in [0.15, 0.2) is 30.3 Å². The van der Waals surface area contributed by atoms with Gasteiger partial charge < -0.3 is 0 Å². The van der Waals surface area contributed by atoms with Crippen molar-refractivity contribution in [3.05, 3.63) is 35.9 Å². The van der Waals surface area contributed by atoms with E-state index in [0.29, 0.717) is 0 Å². The molecule has 0 fully saturated rings. The second-order valence-corrected chi connectivity index (χ2v) is 21.5. The fourth-order valence-corrected chi connectivity index (χ4v) is 18.2. The monoisotopic (exact) mass is 456 g/mol. The molecule has 0 bridgehead atoms.